The Hall–Kier alpha value is -0.866. The van der Waals surface area contributed by atoms with Gasteiger partial charge in [0.25, 0.3) is 0 Å². The molecular formula is C69H127NO13Si5. The van der Waals surface area contributed by atoms with Crippen molar-refractivity contribution in [2.45, 2.75) is 370 Å². The zero-order chi connectivity index (χ0) is 66.1. The lowest BCUT2D eigenvalue weighted by Gasteiger charge is -2.60. The van der Waals surface area contributed by atoms with E-state index in [1.165, 1.54) is 0 Å². The molecule has 0 N–H and O–H groups in total. The summed E-state index contributed by atoms with van der Waals surface area (Å²) in [4.78, 5) is 36.0. The van der Waals surface area contributed by atoms with Crippen LogP contribution in [0.4, 0.5) is 0 Å². The van der Waals surface area contributed by atoms with Crippen LogP contribution in [-0.4, -0.2) is 164 Å². The zero-order valence-electron chi connectivity index (χ0n) is 60.5. The molecular weight excluding hydrogens is 1190 g/mol. The molecule has 0 aliphatic carbocycles. The number of rotatable bonds is 14. The van der Waals surface area contributed by atoms with Crippen LogP contribution in [0.3, 0.4) is 0 Å². The van der Waals surface area contributed by atoms with Crippen molar-refractivity contribution in [3.63, 3.8) is 0 Å². The molecule has 10 heterocycles. The summed E-state index contributed by atoms with van der Waals surface area (Å²) < 4.78 is 82.5. The third-order valence-electron chi connectivity index (χ3n) is 23.7. The molecule has 19 heteroatoms. The van der Waals surface area contributed by atoms with Crippen LogP contribution in [0, 0.1) is 11.8 Å². The van der Waals surface area contributed by atoms with Crippen molar-refractivity contribution in [2.24, 2.45) is 16.8 Å². The molecule has 10 aliphatic heterocycles. The van der Waals surface area contributed by atoms with Crippen LogP contribution >= 0.6 is 0 Å². The van der Waals surface area contributed by atoms with E-state index in [1.807, 2.05) is 6.08 Å². The molecule has 506 valence electrons. The maximum absolute atomic E-state index is 15.4. The van der Waals surface area contributed by atoms with Gasteiger partial charge < -0.3 is 50.6 Å². The van der Waals surface area contributed by atoms with E-state index in [9.17, 15) is 4.79 Å². The lowest BCUT2D eigenvalue weighted by molar-refractivity contribution is -0.312. The van der Waals surface area contributed by atoms with E-state index in [1.54, 1.807) is 13.2 Å². The fourth-order valence-electron chi connectivity index (χ4n) is 13.0. The van der Waals surface area contributed by atoms with Gasteiger partial charge >= 0.3 is 0 Å². The molecule has 0 aromatic heterocycles. The molecule has 88 heavy (non-hydrogen) atoms. The maximum Gasteiger partial charge on any atom is 0.212 e. The van der Waals surface area contributed by atoms with E-state index in [4.69, 9.17) is 55.5 Å². The highest BCUT2D eigenvalue weighted by Gasteiger charge is 2.66. The molecule has 1 spiro atoms. The quantitative estimate of drug-likeness (QED) is 0.120. The van der Waals surface area contributed by atoms with Gasteiger partial charge in [-0.05, 0) is 153 Å². The van der Waals surface area contributed by atoms with E-state index >= 15 is 4.79 Å². The predicted octanol–water partition coefficient (Wildman–Crippen LogP) is 16.4. The van der Waals surface area contributed by atoms with Gasteiger partial charge in [-0.1, -0.05) is 123 Å². The predicted molar refractivity (Wildman–Crippen MR) is 368 cm³/mol. The van der Waals surface area contributed by atoms with Crippen molar-refractivity contribution in [1.29, 1.82) is 0 Å². The number of aliphatic imine (C=N–C) groups is 1. The van der Waals surface area contributed by atoms with Crippen LogP contribution in [0.1, 0.15) is 188 Å². The molecule has 0 amide bonds. The minimum atomic E-state index is -2.80. The fourth-order valence-corrected chi connectivity index (χ4v) is 19.2. The largest absolute Gasteiger partial charge is 0.414 e. The average Bonchev–Trinajstić information content (AvgIpc) is 0.831. The summed E-state index contributed by atoms with van der Waals surface area (Å²) in [6.07, 6.45) is 3.49. The van der Waals surface area contributed by atoms with Crippen molar-refractivity contribution >= 4 is 58.9 Å². The number of hydrogen-bond acceptors (Lipinski definition) is 14. The second-order valence-electron chi connectivity index (χ2n) is 35.7. The summed E-state index contributed by atoms with van der Waals surface area (Å²) in [5, 5.41) is -0.685. The second kappa shape index (κ2) is 27.0. The van der Waals surface area contributed by atoms with Gasteiger partial charge in [-0.25, -0.2) is 0 Å². The molecule has 0 radical (unpaired) electrons. The van der Waals surface area contributed by atoms with Crippen LogP contribution in [0.2, 0.25) is 90.7 Å². The molecule has 5 fully saturated rings. The number of carbonyl (C=O) groups excluding carboxylic acids is 2. The molecule has 0 aromatic carbocycles. The highest BCUT2D eigenvalue weighted by Crippen LogP contribution is 2.54. The number of carbonyl (C=O) groups is 2. The Morgan fingerprint density at radius 2 is 1.19 bits per heavy atom. The molecule has 8 bridgehead atoms. The van der Waals surface area contributed by atoms with Crippen molar-refractivity contribution in [2.75, 3.05) is 13.7 Å². The topological polar surface area (TPSA) is 148 Å². The van der Waals surface area contributed by atoms with Gasteiger partial charge in [0, 0.05) is 50.8 Å². The lowest BCUT2D eigenvalue weighted by atomic mass is 9.79. The van der Waals surface area contributed by atoms with Gasteiger partial charge in [0.1, 0.15) is 30.2 Å². The summed E-state index contributed by atoms with van der Waals surface area (Å²) in [5.74, 6) is -0.232. The maximum atomic E-state index is 15.4. The Morgan fingerprint density at radius 3 is 1.78 bits per heavy atom. The van der Waals surface area contributed by atoms with Crippen LogP contribution in [0.5, 0.6) is 0 Å². The number of Topliss-reactive ketones (excluding diaryl/α,β-unsaturated/α-hetero) is 1. The third-order valence-corrected chi connectivity index (χ3v) is 46.2. The smallest absolute Gasteiger partial charge is 0.212 e. The van der Waals surface area contributed by atoms with Crippen LogP contribution in [0.15, 0.2) is 29.3 Å². The summed E-state index contributed by atoms with van der Waals surface area (Å²) in [6, 6.07) is 0. The highest BCUT2D eigenvalue weighted by molar-refractivity contribution is 6.76. The number of ketones is 2. The Balaban J connectivity index is 1.46. The number of nitrogens with zero attached hydrogens (tertiary/aromatic N) is 1. The molecule has 17 atom stereocenters. The van der Waals surface area contributed by atoms with Crippen molar-refractivity contribution in [3.8, 4) is 0 Å². The molecule has 10 rings (SSSR count). The van der Waals surface area contributed by atoms with Crippen LogP contribution < -0.4 is 0 Å². The Morgan fingerprint density at radius 1 is 0.625 bits per heavy atom. The summed E-state index contributed by atoms with van der Waals surface area (Å²) in [5.41, 5.74) is 0.469. The monoisotopic (exact) mass is 1320 g/mol. The summed E-state index contributed by atoms with van der Waals surface area (Å²) >= 11 is 0. The minimum absolute atomic E-state index is 0.00987. The number of hydrogen-bond donors (Lipinski definition) is 0. The SMILES string of the molecule is C=C1CC2CCC(=O)/C=C/C(O[Si](C)(C)C(C)(C)C)C3O[C@H]4CCC5CC(=O)CC6[C@@H](OC)C(CC(CO[Si](C)(C)C(C)(C)C)O[Si](C)(C)C(C)(C)C)O[C@H]6C[C@H]6OC(CCC1O2)C[C@@H](C)/C6=N/[C@@]4(O5)C(O[Si](C)(C)C(C)(C)C)C3O[Si](C)(C)C(C)(C)C. The number of allylic oxidation sites excluding steroid dienone is 1. The first-order valence-electron chi connectivity index (χ1n) is 34.2. The van der Waals surface area contributed by atoms with Crippen molar-refractivity contribution < 1.29 is 60.1 Å². The molecule has 5 saturated heterocycles. The van der Waals surface area contributed by atoms with E-state index in [0.717, 1.165) is 30.5 Å². The second-order valence-corrected chi connectivity index (χ2v) is 59.5. The molecule has 14 nitrogen and oxygen atoms in total. The van der Waals surface area contributed by atoms with Gasteiger partial charge in [0.15, 0.2) is 47.4 Å². The Labute approximate surface area is 540 Å². The van der Waals surface area contributed by atoms with E-state index in [-0.39, 0.29) is 92.0 Å². The first-order valence-corrected chi connectivity index (χ1v) is 48.7. The van der Waals surface area contributed by atoms with E-state index in [2.05, 4.69) is 183 Å². The van der Waals surface area contributed by atoms with Gasteiger partial charge in [-0.2, -0.15) is 0 Å². The fraction of sp³-hybridized carbons (Fsp3) is 0.899. The molecule has 11 unspecified atom stereocenters. The summed E-state index contributed by atoms with van der Waals surface area (Å²) in [6.45, 7) is 64.3. The lowest BCUT2D eigenvalue weighted by Crippen LogP contribution is -2.74. The molecule has 0 saturated carbocycles. The van der Waals surface area contributed by atoms with Gasteiger partial charge in [-0.3, -0.25) is 14.6 Å². The van der Waals surface area contributed by atoms with Gasteiger partial charge in [-0.15, -0.1) is 0 Å². The van der Waals surface area contributed by atoms with Crippen molar-refractivity contribution in [1.82, 2.24) is 0 Å². The molecule has 10 aliphatic rings. The average molecular weight is 1320 g/mol. The third kappa shape index (κ3) is 16.7. The van der Waals surface area contributed by atoms with Crippen LogP contribution in [0.25, 0.3) is 0 Å². The Bertz CT molecular complexity index is 2500. The summed E-state index contributed by atoms with van der Waals surface area (Å²) in [7, 11) is -10.9. The van der Waals surface area contributed by atoms with Gasteiger partial charge in [0.2, 0.25) is 5.72 Å². The van der Waals surface area contributed by atoms with Crippen LogP contribution in [-0.2, 0) is 60.1 Å². The normalized spacial score (nSPS) is 36.2. The number of fused-ring (bicyclic) bond motifs is 2. The minimum Gasteiger partial charge on any atom is -0.414 e. The first kappa shape index (κ1) is 74.5. The highest BCUT2D eigenvalue weighted by atomic mass is 28.4. The first-order chi connectivity index (χ1) is 40.0. The van der Waals surface area contributed by atoms with E-state index < -0.39 is 102 Å². The number of methoxy groups -OCH3 is 1. The molecule has 0 aromatic rings. The Kier molecular flexibility index (Phi) is 22.8. The van der Waals surface area contributed by atoms with E-state index in [0.29, 0.717) is 51.6 Å². The zero-order valence-corrected chi connectivity index (χ0v) is 65.5. The number of ether oxygens (including phenoxy) is 6. The van der Waals surface area contributed by atoms with Crippen molar-refractivity contribution in [3.05, 3.63) is 24.3 Å². The standard InChI is InChI=1S/C69H127NO13Si5/c1-44-37-48-31-29-46(71)30-34-54(81-86(23,24)66(9,10)11)61-62(82-87(25,26)67(12,13)14)63(83-88(27,28)68(15,16)17)69-58(78-61)36-33-50(79-69)39-47(72)40-52-55(42-56-59(70-69)45(2)38-49(76-56)32-35-53(44)75-48)77-57(60(52)73-18)41-51(80-85(21,22)65(6,7)8)43-74-84(19,20)64(3,4)5/h30,34,45,48-58,60-63H,1,29,31-33,35-43H2,2-28H3/b34-30+,70-59-/t45-,48?,49?,50?,51?,52?,53?,54?,55+,56-,57?,58+,60-,61?,62?,63?,69+/m1/s1. The van der Waals surface area contributed by atoms with Gasteiger partial charge in [0.05, 0.1) is 67.6 Å².